The number of benzene rings is 1. The number of nitrogens with one attached hydrogen (secondary N) is 1. The van der Waals surface area contributed by atoms with Crippen molar-refractivity contribution in [1.82, 2.24) is 20.1 Å². The number of hydrogen-bond donors (Lipinski definition) is 1. The van der Waals surface area contributed by atoms with Crippen LogP contribution < -0.4 is 10.1 Å². The van der Waals surface area contributed by atoms with E-state index in [1.165, 1.54) is 5.56 Å². The lowest BCUT2D eigenvalue weighted by Gasteiger charge is -2.14. The SMILES string of the molecule is COc1cccc(C(C)NCc2nncn2C)c1. The number of ether oxygens (including phenoxy) is 1. The van der Waals surface area contributed by atoms with E-state index in [-0.39, 0.29) is 6.04 Å². The Kier molecular flexibility index (Phi) is 3.94. The molecule has 0 aliphatic heterocycles. The molecule has 1 heterocycles. The summed E-state index contributed by atoms with van der Waals surface area (Å²) in [6.45, 7) is 2.81. The van der Waals surface area contributed by atoms with Crippen LogP contribution in [-0.4, -0.2) is 21.9 Å². The molecule has 5 nitrogen and oxygen atoms in total. The average Bonchev–Trinajstić information content (AvgIpc) is 2.81. The second-order valence-electron chi connectivity index (χ2n) is 4.24. The van der Waals surface area contributed by atoms with Gasteiger partial charge in [-0.05, 0) is 24.6 Å². The zero-order valence-electron chi connectivity index (χ0n) is 10.9. The summed E-state index contributed by atoms with van der Waals surface area (Å²) in [7, 11) is 3.62. The van der Waals surface area contributed by atoms with Gasteiger partial charge in [-0.25, -0.2) is 0 Å². The predicted octanol–water partition coefficient (Wildman–Crippen LogP) is 1.67. The van der Waals surface area contributed by atoms with Crippen LogP contribution in [-0.2, 0) is 13.6 Å². The molecule has 0 aliphatic rings. The second kappa shape index (κ2) is 5.64. The maximum atomic E-state index is 5.22. The van der Waals surface area contributed by atoms with Crippen LogP contribution in [0.1, 0.15) is 24.4 Å². The normalized spacial score (nSPS) is 12.4. The molecule has 96 valence electrons. The molecule has 0 aliphatic carbocycles. The van der Waals surface area contributed by atoms with Gasteiger partial charge in [0.1, 0.15) is 17.9 Å². The molecule has 18 heavy (non-hydrogen) atoms. The summed E-state index contributed by atoms with van der Waals surface area (Å²) in [4.78, 5) is 0. The highest BCUT2D eigenvalue weighted by molar-refractivity contribution is 5.30. The molecule has 0 spiro atoms. The summed E-state index contributed by atoms with van der Waals surface area (Å²) in [5, 5.41) is 11.3. The van der Waals surface area contributed by atoms with Crippen molar-refractivity contribution in [1.29, 1.82) is 0 Å². The Morgan fingerprint density at radius 3 is 2.94 bits per heavy atom. The van der Waals surface area contributed by atoms with E-state index >= 15 is 0 Å². The van der Waals surface area contributed by atoms with Gasteiger partial charge in [-0.3, -0.25) is 0 Å². The minimum Gasteiger partial charge on any atom is -0.497 e. The fraction of sp³-hybridized carbons (Fsp3) is 0.385. The lowest BCUT2D eigenvalue weighted by Crippen LogP contribution is -2.20. The van der Waals surface area contributed by atoms with Gasteiger partial charge in [0.05, 0.1) is 13.7 Å². The topological polar surface area (TPSA) is 52.0 Å². The van der Waals surface area contributed by atoms with Crippen molar-refractivity contribution in [3.8, 4) is 5.75 Å². The van der Waals surface area contributed by atoms with Crippen LogP contribution in [0.4, 0.5) is 0 Å². The third kappa shape index (κ3) is 2.87. The zero-order chi connectivity index (χ0) is 13.0. The van der Waals surface area contributed by atoms with Crippen molar-refractivity contribution < 1.29 is 4.74 Å². The molecule has 2 rings (SSSR count). The maximum absolute atomic E-state index is 5.22. The standard InChI is InChI=1S/C13H18N4O/c1-10(11-5-4-6-12(7-11)18-3)14-8-13-16-15-9-17(13)2/h4-7,9-10,14H,8H2,1-3H3. The van der Waals surface area contributed by atoms with Gasteiger partial charge in [0.25, 0.3) is 0 Å². The smallest absolute Gasteiger partial charge is 0.146 e. The largest absolute Gasteiger partial charge is 0.497 e. The molecule has 1 aromatic carbocycles. The van der Waals surface area contributed by atoms with E-state index in [9.17, 15) is 0 Å². The van der Waals surface area contributed by atoms with E-state index in [0.717, 1.165) is 11.6 Å². The summed E-state index contributed by atoms with van der Waals surface area (Å²) in [5.74, 6) is 1.80. The minimum absolute atomic E-state index is 0.233. The average molecular weight is 246 g/mol. The monoisotopic (exact) mass is 246 g/mol. The first kappa shape index (κ1) is 12.6. The van der Waals surface area contributed by atoms with Gasteiger partial charge in [0.2, 0.25) is 0 Å². The first-order valence-electron chi connectivity index (χ1n) is 5.91. The van der Waals surface area contributed by atoms with E-state index in [4.69, 9.17) is 4.74 Å². The summed E-state index contributed by atoms with van der Waals surface area (Å²) >= 11 is 0. The van der Waals surface area contributed by atoms with Crippen LogP contribution in [0.5, 0.6) is 5.75 Å². The molecule has 0 bridgehead atoms. The highest BCUT2D eigenvalue weighted by atomic mass is 16.5. The van der Waals surface area contributed by atoms with Gasteiger partial charge in [-0.15, -0.1) is 10.2 Å². The molecular formula is C13H18N4O. The Bertz CT molecular complexity index is 509. The molecule has 1 aromatic heterocycles. The number of hydrogen-bond acceptors (Lipinski definition) is 4. The molecular weight excluding hydrogens is 228 g/mol. The Labute approximate surface area is 107 Å². The Hall–Kier alpha value is -1.88. The second-order valence-corrected chi connectivity index (χ2v) is 4.24. The number of methoxy groups -OCH3 is 1. The van der Waals surface area contributed by atoms with Crippen molar-refractivity contribution in [3.63, 3.8) is 0 Å². The Morgan fingerprint density at radius 1 is 1.44 bits per heavy atom. The summed E-state index contributed by atoms with van der Waals surface area (Å²) in [5.41, 5.74) is 1.19. The van der Waals surface area contributed by atoms with Gasteiger partial charge in [-0.1, -0.05) is 12.1 Å². The predicted molar refractivity (Wildman–Crippen MR) is 69.3 cm³/mol. The molecule has 0 saturated heterocycles. The first-order chi connectivity index (χ1) is 8.70. The lowest BCUT2D eigenvalue weighted by atomic mass is 10.1. The quantitative estimate of drug-likeness (QED) is 0.872. The molecule has 0 fully saturated rings. The molecule has 1 atom stereocenters. The molecule has 2 aromatic rings. The van der Waals surface area contributed by atoms with Gasteiger partial charge in [0, 0.05) is 13.1 Å². The lowest BCUT2D eigenvalue weighted by molar-refractivity contribution is 0.413. The Balaban J connectivity index is 1.99. The van der Waals surface area contributed by atoms with Crippen LogP contribution >= 0.6 is 0 Å². The summed E-state index contributed by atoms with van der Waals surface area (Å²) in [6.07, 6.45) is 1.70. The van der Waals surface area contributed by atoms with E-state index in [0.29, 0.717) is 6.54 Å². The molecule has 0 radical (unpaired) electrons. The van der Waals surface area contributed by atoms with Gasteiger partial charge in [0.15, 0.2) is 0 Å². The van der Waals surface area contributed by atoms with E-state index in [1.807, 2.05) is 29.8 Å². The summed E-state index contributed by atoms with van der Waals surface area (Å²) in [6, 6.07) is 8.29. The van der Waals surface area contributed by atoms with Crippen molar-refractivity contribution in [3.05, 3.63) is 42.0 Å². The van der Waals surface area contributed by atoms with Crippen LogP contribution in [0.15, 0.2) is 30.6 Å². The van der Waals surface area contributed by atoms with E-state index < -0.39 is 0 Å². The van der Waals surface area contributed by atoms with Gasteiger partial charge in [-0.2, -0.15) is 0 Å². The fourth-order valence-electron chi connectivity index (χ4n) is 1.74. The molecule has 0 amide bonds. The molecule has 5 heteroatoms. The van der Waals surface area contributed by atoms with Crippen molar-refractivity contribution in [2.24, 2.45) is 7.05 Å². The van der Waals surface area contributed by atoms with E-state index in [1.54, 1.807) is 13.4 Å². The zero-order valence-corrected chi connectivity index (χ0v) is 10.9. The highest BCUT2D eigenvalue weighted by Gasteiger charge is 2.07. The first-order valence-corrected chi connectivity index (χ1v) is 5.91. The van der Waals surface area contributed by atoms with Crippen LogP contribution in [0.2, 0.25) is 0 Å². The van der Waals surface area contributed by atoms with Crippen molar-refractivity contribution in [2.75, 3.05) is 7.11 Å². The van der Waals surface area contributed by atoms with Crippen LogP contribution in [0.3, 0.4) is 0 Å². The fourth-order valence-corrected chi connectivity index (χ4v) is 1.74. The molecule has 1 N–H and O–H groups in total. The number of aromatic nitrogens is 3. The van der Waals surface area contributed by atoms with Crippen molar-refractivity contribution >= 4 is 0 Å². The van der Waals surface area contributed by atoms with Gasteiger partial charge < -0.3 is 14.6 Å². The van der Waals surface area contributed by atoms with E-state index in [2.05, 4.69) is 28.5 Å². The highest BCUT2D eigenvalue weighted by Crippen LogP contribution is 2.18. The summed E-state index contributed by atoms with van der Waals surface area (Å²) < 4.78 is 7.13. The number of rotatable bonds is 5. The minimum atomic E-state index is 0.233. The third-order valence-corrected chi connectivity index (χ3v) is 2.97. The van der Waals surface area contributed by atoms with Crippen LogP contribution in [0.25, 0.3) is 0 Å². The third-order valence-electron chi connectivity index (χ3n) is 2.97. The maximum Gasteiger partial charge on any atom is 0.146 e. The Morgan fingerprint density at radius 2 is 2.28 bits per heavy atom. The van der Waals surface area contributed by atoms with Crippen LogP contribution in [0, 0.1) is 0 Å². The number of nitrogens with zero attached hydrogens (tertiary/aromatic N) is 3. The number of aryl methyl sites for hydroxylation is 1. The van der Waals surface area contributed by atoms with Gasteiger partial charge >= 0.3 is 0 Å². The molecule has 0 saturated carbocycles. The molecule has 1 unspecified atom stereocenters. The van der Waals surface area contributed by atoms with Crippen molar-refractivity contribution in [2.45, 2.75) is 19.5 Å².